The molecule has 0 spiro atoms. The van der Waals surface area contributed by atoms with Gasteiger partial charge < -0.3 is 4.74 Å². The first kappa shape index (κ1) is 11.5. The average Bonchev–Trinajstić information content (AvgIpc) is 2.27. The lowest BCUT2D eigenvalue weighted by molar-refractivity contribution is 0.0601. The van der Waals surface area contributed by atoms with Crippen molar-refractivity contribution >= 4 is 17.6 Å². The molecule has 0 atom stereocenters. The number of ether oxygens (including phenoxy) is 1. The summed E-state index contributed by atoms with van der Waals surface area (Å²) in [5.41, 5.74) is 1.48. The van der Waals surface area contributed by atoms with Gasteiger partial charge >= 0.3 is 5.97 Å². The van der Waals surface area contributed by atoms with E-state index in [-0.39, 0.29) is 0 Å². The molecule has 0 saturated heterocycles. The van der Waals surface area contributed by atoms with Gasteiger partial charge in [-0.25, -0.2) is 4.79 Å². The van der Waals surface area contributed by atoms with Crippen molar-refractivity contribution in [3.63, 3.8) is 0 Å². The zero-order valence-corrected chi connectivity index (χ0v) is 9.26. The minimum absolute atomic E-state index is 0.301. The molecule has 1 aromatic carbocycles. The average molecular weight is 224 g/mol. The number of benzene rings is 1. The predicted octanol–water partition coefficient (Wildman–Crippen LogP) is 2.56. The van der Waals surface area contributed by atoms with Crippen LogP contribution in [0.4, 0.5) is 0 Å². The van der Waals surface area contributed by atoms with Crippen molar-refractivity contribution in [2.24, 2.45) is 0 Å². The van der Waals surface area contributed by atoms with Crippen LogP contribution in [0, 0.1) is 11.3 Å². The van der Waals surface area contributed by atoms with Crippen molar-refractivity contribution in [2.75, 3.05) is 7.11 Å². The number of hydrogen-bond acceptors (Lipinski definition) is 3. The molecular weight excluding hydrogens is 214 g/mol. The van der Waals surface area contributed by atoms with Crippen LogP contribution in [0.3, 0.4) is 0 Å². The Hall–Kier alpha value is -1.53. The van der Waals surface area contributed by atoms with Gasteiger partial charge in [-0.15, -0.1) is 0 Å². The molecule has 1 rings (SSSR count). The Labute approximate surface area is 93.2 Å². The molecule has 4 heteroatoms. The van der Waals surface area contributed by atoms with Crippen molar-refractivity contribution in [3.8, 4) is 6.07 Å². The van der Waals surface area contributed by atoms with Crippen LogP contribution in [0.25, 0.3) is 0 Å². The van der Waals surface area contributed by atoms with Gasteiger partial charge in [0.2, 0.25) is 0 Å². The standard InChI is InChI=1S/C11H10ClNO2/c1-3-8-7(6-13)4-5-9(10(8)12)11(14)15-2/h4-5H,3H2,1-2H3. The number of nitriles is 1. The van der Waals surface area contributed by atoms with Gasteiger partial charge in [-0.2, -0.15) is 5.26 Å². The van der Waals surface area contributed by atoms with Gasteiger partial charge in [0.25, 0.3) is 0 Å². The van der Waals surface area contributed by atoms with E-state index < -0.39 is 5.97 Å². The van der Waals surface area contributed by atoms with E-state index in [1.807, 2.05) is 13.0 Å². The second-order valence-corrected chi connectivity index (χ2v) is 3.29. The molecule has 0 aliphatic heterocycles. The normalized spacial score (nSPS) is 9.47. The van der Waals surface area contributed by atoms with E-state index in [4.69, 9.17) is 16.9 Å². The largest absolute Gasteiger partial charge is 0.465 e. The van der Waals surface area contributed by atoms with Crippen molar-refractivity contribution in [1.82, 2.24) is 0 Å². The van der Waals surface area contributed by atoms with Crippen LogP contribution in [-0.2, 0) is 11.2 Å². The van der Waals surface area contributed by atoms with E-state index in [9.17, 15) is 4.79 Å². The molecule has 3 nitrogen and oxygen atoms in total. The maximum atomic E-state index is 11.3. The summed E-state index contributed by atoms with van der Waals surface area (Å²) in [5, 5.41) is 9.14. The summed E-state index contributed by atoms with van der Waals surface area (Å²) < 4.78 is 4.58. The summed E-state index contributed by atoms with van der Waals surface area (Å²) in [7, 11) is 1.29. The minimum atomic E-state index is -0.487. The number of carbonyl (C=O) groups is 1. The van der Waals surface area contributed by atoms with Gasteiger partial charge in [0.15, 0.2) is 0 Å². The fourth-order valence-electron chi connectivity index (χ4n) is 1.34. The fraction of sp³-hybridized carbons (Fsp3) is 0.273. The van der Waals surface area contributed by atoms with Crippen LogP contribution in [0.5, 0.6) is 0 Å². The van der Waals surface area contributed by atoms with Crippen molar-refractivity contribution < 1.29 is 9.53 Å². The SMILES string of the molecule is CCc1c(C#N)ccc(C(=O)OC)c1Cl. The lowest BCUT2D eigenvalue weighted by Gasteiger charge is -2.07. The van der Waals surface area contributed by atoms with Crippen LogP contribution in [0.2, 0.25) is 5.02 Å². The third kappa shape index (κ3) is 2.11. The number of esters is 1. The monoisotopic (exact) mass is 223 g/mol. The number of methoxy groups -OCH3 is 1. The highest BCUT2D eigenvalue weighted by molar-refractivity contribution is 6.34. The summed E-state index contributed by atoms with van der Waals surface area (Å²) in [6.07, 6.45) is 0.604. The lowest BCUT2D eigenvalue weighted by atomic mass is 10.0. The van der Waals surface area contributed by atoms with Crippen LogP contribution in [-0.4, -0.2) is 13.1 Å². The zero-order valence-electron chi connectivity index (χ0n) is 8.50. The molecule has 0 aliphatic rings. The van der Waals surface area contributed by atoms with Gasteiger partial charge in [0, 0.05) is 0 Å². The molecule has 0 N–H and O–H groups in total. The van der Waals surface area contributed by atoms with Gasteiger partial charge in [0.1, 0.15) is 0 Å². The number of rotatable bonds is 2. The molecule has 0 radical (unpaired) electrons. The van der Waals surface area contributed by atoms with Crippen LogP contribution in [0.1, 0.15) is 28.4 Å². The molecule has 0 amide bonds. The van der Waals surface area contributed by atoms with Gasteiger partial charge in [-0.1, -0.05) is 18.5 Å². The molecule has 0 bridgehead atoms. The summed E-state index contributed by atoms with van der Waals surface area (Å²) in [5.74, 6) is -0.487. The second kappa shape index (κ2) is 4.81. The van der Waals surface area contributed by atoms with Crippen molar-refractivity contribution in [2.45, 2.75) is 13.3 Å². The molecule has 1 aromatic rings. The van der Waals surface area contributed by atoms with Gasteiger partial charge in [-0.05, 0) is 24.1 Å². The first-order valence-electron chi connectivity index (χ1n) is 4.45. The summed E-state index contributed by atoms with van der Waals surface area (Å²) >= 11 is 6.01. The van der Waals surface area contributed by atoms with Gasteiger partial charge in [-0.3, -0.25) is 0 Å². The number of nitrogens with zero attached hydrogens (tertiary/aromatic N) is 1. The summed E-state index contributed by atoms with van der Waals surface area (Å²) in [4.78, 5) is 11.3. The maximum absolute atomic E-state index is 11.3. The lowest BCUT2D eigenvalue weighted by Crippen LogP contribution is -2.04. The molecular formula is C11H10ClNO2. The molecule has 78 valence electrons. The van der Waals surface area contributed by atoms with Crippen LogP contribution >= 0.6 is 11.6 Å². The highest BCUT2D eigenvalue weighted by Crippen LogP contribution is 2.25. The quantitative estimate of drug-likeness (QED) is 0.724. The fourth-order valence-corrected chi connectivity index (χ4v) is 1.71. The van der Waals surface area contributed by atoms with Crippen molar-refractivity contribution in [1.29, 1.82) is 5.26 Å². The third-order valence-corrected chi connectivity index (χ3v) is 2.55. The van der Waals surface area contributed by atoms with Crippen LogP contribution < -0.4 is 0 Å². The Morgan fingerprint density at radius 3 is 2.73 bits per heavy atom. The molecule has 0 fully saturated rings. The molecule has 15 heavy (non-hydrogen) atoms. The molecule has 0 heterocycles. The number of halogens is 1. The van der Waals surface area contributed by atoms with E-state index in [0.29, 0.717) is 28.1 Å². The molecule has 0 unspecified atom stereocenters. The Morgan fingerprint density at radius 1 is 1.60 bits per heavy atom. The predicted molar refractivity (Wildman–Crippen MR) is 56.9 cm³/mol. The highest BCUT2D eigenvalue weighted by atomic mass is 35.5. The second-order valence-electron chi connectivity index (χ2n) is 2.91. The first-order chi connectivity index (χ1) is 7.15. The van der Waals surface area contributed by atoms with E-state index in [1.54, 1.807) is 6.07 Å². The van der Waals surface area contributed by atoms with E-state index in [2.05, 4.69) is 4.74 Å². The Kier molecular flexibility index (Phi) is 3.70. The Bertz CT molecular complexity index is 435. The third-order valence-electron chi connectivity index (χ3n) is 2.12. The number of hydrogen-bond donors (Lipinski definition) is 0. The first-order valence-corrected chi connectivity index (χ1v) is 4.83. The summed E-state index contributed by atoms with van der Waals surface area (Å²) in [6, 6.07) is 5.12. The highest BCUT2D eigenvalue weighted by Gasteiger charge is 2.15. The Balaban J connectivity index is 3.37. The molecule has 0 aliphatic carbocycles. The van der Waals surface area contributed by atoms with Gasteiger partial charge in [0.05, 0.1) is 29.3 Å². The summed E-state index contributed by atoms with van der Waals surface area (Å²) in [6.45, 7) is 1.88. The van der Waals surface area contributed by atoms with E-state index in [1.165, 1.54) is 13.2 Å². The zero-order chi connectivity index (χ0) is 11.4. The smallest absolute Gasteiger partial charge is 0.339 e. The maximum Gasteiger partial charge on any atom is 0.339 e. The number of carbonyl (C=O) groups excluding carboxylic acids is 1. The van der Waals surface area contributed by atoms with E-state index >= 15 is 0 Å². The topological polar surface area (TPSA) is 50.1 Å². The minimum Gasteiger partial charge on any atom is -0.465 e. The van der Waals surface area contributed by atoms with Crippen molar-refractivity contribution in [3.05, 3.63) is 33.8 Å². The van der Waals surface area contributed by atoms with E-state index in [0.717, 1.165) is 0 Å². The van der Waals surface area contributed by atoms with Crippen LogP contribution in [0.15, 0.2) is 12.1 Å². The Morgan fingerprint density at radius 2 is 2.27 bits per heavy atom. The molecule has 0 aromatic heterocycles. The molecule has 0 saturated carbocycles.